The van der Waals surface area contributed by atoms with Gasteiger partial charge in [0.05, 0.1) is 10.6 Å². The Hall–Kier alpha value is -1.66. The van der Waals surface area contributed by atoms with Crippen molar-refractivity contribution in [3.8, 4) is 0 Å². The van der Waals surface area contributed by atoms with E-state index in [1.165, 1.54) is 17.8 Å². The summed E-state index contributed by atoms with van der Waals surface area (Å²) in [6.45, 7) is 6.40. The third-order valence-electron chi connectivity index (χ3n) is 4.12. The second-order valence-electron chi connectivity index (χ2n) is 6.37. The lowest BCUT2D eigenvalue weighted by molar-refractivity contribution is 0.555. The molecule has 10 heteroatoms. The number of hydrogen-bond donors (Lipinski definition) is 3. The maximum Gasteiger partial charge on any atom is 0.238 e. The van der Waals surface area contributed by atoms with E-state index in [2.05, 4.69) is 33.7 Å². The van der Waals surface area contributed by atoms with E-state index in [1.807, 2.05) is 11.6 Å². The number of guanidine groups is 1. The number of nitrogens with two attached hydrogens (primary N) is 1. The smallest absolute Gasteiger partial charge is 0.238 e. The first-order chi connectivity index (χ1) is 12.8. The molecule has 0 amide bonds. The summed E-state index contributed by atoms with van der Waals surface area (Å²) in [6.07, 6.45) is 1.69. The van der Waals surface area contributed by atoms with Crippen LogP contribution >= 0.6 is 24.0 Å². The lowest BCUT2D eigenvalue weighted by atomic mass is 10.1. The molecular formula is C18H29IN6O2S. The lowest BCUT2D eigenvalue weighted by Gasteiger charge is -2.12. The minimum absolute atomic E-state index is 0. The average Bonchev–Trinajstić information content (AvgIpc) is 2.94. The van der Waals surface area contributed by atoms with Crippen LogP contribution in [0.3, 0.4) is 0 Å². The van der Waals surface area contributed by atoms with Crippen LogP contribution in [0.2, 0.25) is 0 Å². The molecule has 0 aliphatic heterocycles. The van der Waals surface area contributed by atoms with Crippen LogP contribution in [0.25, 0.3) is 0 Å². The Balaban J connectivity index is 0.00000392. The predicted octanol–water partition coefficient (Wildman–Crippen LogP) is 1.56. The van der Waals surface area contributed by atoms with E-state index in [1.54, 1.807) is 19.2 Å². The molecule has 0 aliphatic rings. The second-order valence-corrected chi connectivity index (χ2v) is 7.93. The van der Waals surface area contributed by atoms with Crippen molar-refractivity contribution in [2.45, 2.75) is 38.1 Å². The minimum atomic E-state index is -3.64. The Morgan fingerprint density at radius 1 is 1.18 bits per heavy atom. The number of nitrogens with one attached hydrogen (secondary N) is 2. The van der Waals surface area contributed by atoms with Crippen LogP contribution in [0.15, 0.2) is 40.2 Å². The number of primary sulfonamides is 1. The highest BCUT2D eigenvalue weighted by Gasteiger charge is 2.06. The molecule has 0 radical (unpaired) electrons. The summed E-state index contributed by atoms with van der Waals surface area (Å²) >= 11 is 0. The van der Waals surface area contributed by atoms with Gasteiger partial charge in [-0.1, -0.05) is 12.1 Å². The van der Waals surface area contributed by atoms with Gasteiger partial charge in [0.15, 0.2) is 5.96 Å². The van der Waals surface area contributed by atoms with Crippen molar-refractivity contribution in [3.63, 3.8) is 0 Å². The van der Waals surface area contributed by atoms with E-state index in [0.717, 1.165) is 43.1 Å². The molecule has 0 saturated heterocycles. The number of nitrogens with zero attached hydrogens (tertiary/aromatic N) is 3. The molecule has 28 heavy (non-hydrogen) atoms. The molecule has 0 unspecified atom stereocenters. The SMILES string of the molecule is CN=C(NCCCn1nc(C)cc1C)NCCc1ccc(S(N)(=O)=O)cc1.I. The van der Waals surface area contributed by atoms with Crippen molar-refractivity contribution in [2.75, 3.05) is 20.1 Å². The van der Waals surface area contributed by atoms with E-state index in [4.69, 9.17) is 5.14 Å². The maximum absolute atomic E-state index is 11.3. The van der Waals surface area contributed by atoms with Gasteiger partial charge >= 0.3 is 0 Å². The number of hydrogen-bond acceptors (Lipinski definition) is 4. The molecule has 0 fully saturated rings. The summed E-state index contributed by atoms with van der Waals surface area (Å²) in [4.78, 5) is 4.33. The standard InChI is InChI=1S/C18H28N6O2S.HI/c1-14-13-15(2)24(23-14)12-4-10-21-18(20-3)22-11-9-16-5-7-17(8-6-16)27(19,25)26;/h5-8,13H,4,9-12H2,1-3H3,(H2,19,25,26)(H2,20,21,22);1H. The summed E-state index contributed by atoms with van der Waals surface area (Å²) in [5.74, 6) is 0.740. The summed E-state index contributed by atoms with van der Waals surface area (Å²) in [5.41, 5.74) is 3.23. The largest absolute Gasteiger partial charge is 0.356 e. The van der Waals surface area contributed by atoms with Crippen LogP contribution in [0, 0.1) is 13.8 Å². The number of aryl methyl sites for hydroxylation is 3. The van der Waals surface area contributed by atoms with Crippen LogP contribution in [-0.2, 0) is 23.0 Å². The van der Waals surface area contributed by atoms with Gasteiger partial charge < -0.3 is 10.6 Å². The minimum Gasteiger partial charge on any atom is -0.356 e. The van der Waals surface area contributed by atoms with E-state index >= 15 is 0 Å². The number of benzene rings is 1. The van der Waals surface area contributed by atoms with Gasteiger partial charge in [-0.2, -0.15) is 5.10 Å². The molecule has 1 heterocycles. The Bertz CT molecular complexity index is 878. The van der Waals surface area contributed by atoms with Gasteiger partial charge in [-0.3, -0.25) is 9.67 Å². The molecule has 1 aromatic heterocycles. The second kappa shape index (κ2) is 11.4. The topological polar surface area (TPSA) is 114 Å². The van der Waals surface area contributed by atoms with Crippen molar-refractivity contribution in [1.82, 2.24) is 20.4 Å². The number of aromatic nitrogens is 2. The van der Waals surface area contributed by atoms with Gasteiger partial charge in [-0.15, -0.1) is 24.0 Å². The van der Waals surface area contributed by atoms with Gasteiger partial charge in [0.25, 0.3) is 0 Å². The predicted molar refractivity (Wildman–Crippen MR) is 123 cm³/mol. The van der Waals surface area contributed by atoms with Gasteiger partial charge in [0.1, 0.15) is 0 Å². The van der Waals surface area contributed by atoms with Crippen molar-refractivity contribution < 1.29 is 8.42 Å². The molecule has 0 saturated carbocycles. The summed E-state index contributed by atoms with van der Waals surface area (Å²) in [7, 11) is -1.91. The molecule has 0 aliphatic carbocycles. The fourth-order valence-corrected chi connectivity index (χ4v) is 3.24. The number of halogens is 1. The fraction of sp³-hybridized carbons (Fsp3) is 0.444. The number of rotatable bonds is 8. The normalized spacial score (nSPS) is 11.8. The molecule has 1 aromatic carbocycles. The van der Waals surface area contributed by atoms with Crippen molar-refractivity contribution in [2.24, 2.45) is 10.1 Å². The molecule has 156 valence electrons. The molecular weight excluding hydrogens is 491 g/mol. The number of aliphatic imine (C=N–C) groups is 1. The summed E-state index contributed by atoms with van der Waals surface area (Å²) in [5, 5.41) is 16.1. The Labute approximate surface area is 184 Å². The van der Waals surface area contributed by atoms with Crippen LogP contribution in [0.1, 0.15) is 23.4 Å². The molecule has 0 atom stereocenters. The van der Waals surface area contributed by atoms with E-state index in [-0.39, 0.29) is 28.9 Å². The first kappa shape index (κ1) is 24.4. The molecule has 0 spiro atoms. The zero-order valence-electron chi connectivity index (χ0n) is 16.5. The molecule has 0 bridgehead atoms. The maximum atomic E-state index is 11.3. The third-order valence-corrected chi connectivity index (χ3v) is 5.05. The molecule has 8 nitrogen and oxygen atoms in total. The zero-order valence-corrected chi connectivity index (χ0v) is 19.6. The van der Waals surface area contributed by atoms with Gasteiger partial charge in [-0.25, -0.2) is 13.6 Å². The lowest BCUT2D eigenvalue weighted by Crippen LogP contribution is -2.39. The van der Waals surface area contributed by atoms with Crippen molar-refractivity contribution in [1.29, 1.82) is 0 Å². The van der Waals surface area contributed by atoms with Gasteiger partial charge in [0.2, 0.25) is 10.0 Å². The third kappa shape index (κ3) is 7.76. The monoisotopic (exact) mass is 520 g/mol. The fourth-order valence-electron chi connectivity index (χ4n) is 2.73. The quantitative estimate of drug-likeness (QED) is 0.212. The highest BCUT2D eigenvalue weighted by Crippen LogP contribution is 2.08. The zero-order chi connectivity index (χ0) is 19.9. The van der Waals surface area contributed by atoms with Crippen LogP contribution in [-0.4, -0.2) is 44.3 Å². The Kier molecular flexibility index (Phi) is 9.90. The van der Waals surface area contributed by atoms with Crippen molar-refractivity contribution >= 4 is 40.0 Å². The Morgan fingerprint density at radius 3 is 2.36 bits per heavy atom. The molecule has 2 aromatic rings. The van der Waals surface area contributed by atoms with E-state index in [9.17, 15) is 8.42 Å². The summed E-state index contributed by atoms with van der Waals surface area (Å²) < 4.78 is 24.5. The van der Waals surface area contributed by atoms with Crippen molar-refractivity contribution in [3.05, 3.63) is 47.3 Å². The number of sulfonamides is 1. The Morgan fingerprint density at radius 2 is 1.82 bits per heavy atom. The van der Waals surface area contributed by atoms with Crippen LogP contribution < -0.4 is 15.8 Å². The van der Waals surface area contributed by atoms with E-state index < -0.39 is 10.0 Å². The van der Waals surface area contributed by atoms with Gasteiger partial charge in [0, 0.05) is 32.4 Å². The summed E-state index contributed by atoms with van der Waals surface area (Å²) in [6, 6.07) is 8.66. The first-order valence-electron chi connectivity index (χ1n) is 8.87. The first-order valence-corrected chi connectivity index (χ1v) is 10.4. The van der Waals surface area contributed by atoms with E-state index in [0.29, 0.717) is 6.54 Å². The molecule has 2 rings (SSSR count). The van der Waals surface area contributed by atoms with Crippen LogP contribution in [0.4, 0.5) is 0 Å². The average molecular weight is 520 g/mol. The molecule has 4 N–H and O–H groups in total. The van der Waals surface area contributed by atoms with Gasteiger partial charge in [-0.05, 0) is 50.5 Å². The highest BCUT2D eigenvalue weighted by atomic mass is 127. The highest BCUT2D eigenvalue weighted by molar-refractivity contribution is 14.0. The van der Waals surface area contributed by atoms with Crippen LogP contribution in [0.5, 0.6) is 0 Å².